The van der Waals surface area contributed by atoms with E-state index in [9.17, 15) is 9.59 Å². The van der Waals surface area contributed by atoms with Crippen LogP contribution in [0.2, 0.25) is 0 Å². The van der Waals surface area contributed by atoms with E-state index in [4.69, 9.17) is 4.98 Å². The Morgan fingerprint density at radius 2 is 1.84 bits per heavy atom. The zero-order valence-corrected chi connectivity index (χ0v) is 18.9. The highest BCUT2D eigenvalue weighted by Gasteiger charge is 2.26. The van der Waals surface area contributed by atoms with Crippen LogP contribution in [0.15, 0.2) is 35.1 Å². The van der Waals surface area contributed by atoms with Crippen molar-refractivity contribution in [2.75, 3.05) is 7.05 Å². The summed E-state index contributed by atoms with van der Waals surface area (Å²) in [6.45, 7) is 0.0453. The monoisotopic (exact) mass is 435 g/mol. The number of carbonyl (C=O) groups excluding carboxylic acids is 1. The molecule has 0 atom stereocenters. The minimum Gasteiger partial charge on any atom is -0.341 e. The molecule has 0 unspecified atom stereocenters. The van der Waals surface area contributed by atoms with Crippen LogP contribution in [0.25, 0.3) is 21.6 Å². The lowest BCUT2D eigenvalue weighted by Gasteiger charge is -2.31. The van der Waals surface area contributed by atoms with Gasteiger partial charge in [0.15, 0.2) is 0 Å². The average Bonchev–Trinajstić information content (AvgIpc) is 3.20. The highest BCUT2D eigenvalue weighted by atomic mass is 32.1. The Morgan fingerprint density at radius 1 is 1.10 bits per heavy atom. The minimum absolute atomic E-state index is 0.00331. The van der Waals surface area contributed by atoms with E-state index >= 15 is 0 Å². The van der Waals surface area contributed by atoms with Gasteiger partial charge < -0.3 is 4.90 Å². The first kappa shape index (κ1) is 20.4. The topological polar surface area (TPSA) is 55.2 Å². The molecule has 0 radical (unpaired) electrons. The molecule has 2 heterocycles. The predicted molar refractivity (Wildman–Crippen MR) is 126 cm³/mol. The average molecular weight is 436 g/mol. The zero-order valence-electron chi connectivity index (χ0n) is 18.1. The molecule has 1 fully saturated rings. The van der Waals surface area contributed by atoms with Gasteiger partial charge in [-0.3, -0.25) is 14.2 Å². The Balaban J connectivity index is 1.60. The first-order valence-corrected chi connectivity index (χ1v) is 12.3. The second-order valence-corrected chi connectivity index (χ2v) is 9.96. The molecule has 5 rings (SSSR count). The van der Waals surface area contributed by atoms with Crippen molar-refractivity contribution in [3.8, 4) is 11.4 Å². The van der Waals surface area contributed by atoms with Gasteiger partial charge in [0.05, 0.1) is 5.39 Å². The van der Waals surface area contributed by atoms with Crippen LogP contribution in [0.4, 0.5) is 0 Å². The summed E-state index contributed by atoms with van der Waals surface area (Å²) in [6.07, 6.45) is 9.95. The SMILES string of the molecule is CN(C(=O)Cn1c(-c2ccccc2)nc2sc3c(c2c1=O)CCCC3)C1CCCCC1. The van der Waals surface area contributed by atoms with E-state index in [1.807, 2.05) is 42.3 Å². The molecule has 31 heavy (non-hydrogen) atoms. The van der Waals surface area contributed by atoms with Crippen LogP contribution >= 0.6 is 11.3 Å². The summed E-state index contributed by atoms with van der Waals surface area (Å²) in [5.41, 5.74) is 1.99. The van der Waals surface area contributed by atoms with Crippen molar-refractivity contribution in [3.05, 3.63) is 51.1 Å². The van der Waals surface area contributed by atoms with Gasteiger partial charge in [-0.1, -0.05) is 49.6 Å². The Labute approximate surface area is 186 Å². The molecule has 0 spiro atoms. The third-order valence-corrected chi connectivity index (χ3v) is 8.10. The van der Waals surface area contributed by atoms with Crippen LogP contribution in [0.5, 0.6) is 0 Å². The molecule has 1 amide bonds. The number of rotatable bonds is 4. The summed E-state index contributed by atoms with van der Waals surface area (Å²) in [5.74, 6) is 0.596. The van der Waals surface area contributed by atoms with Crippen molar-refractivity contribution < 1.29 is 4.79 Å². The smallest absolute Gasteiger partial charge is 0.263 e. The molecule has 2 aliphatic carbocycles. The number of likely N-dealkylation sites (N-methyl/N-ethyl adjacent to an activating group) is 1. The Bertz CT molecular complexity index is 1160. The van der Waals surface area contributed by atoms with E-state index in [0.29, 0.717) is 5.82 Å². The van der Waals surface area contributed by atoms with Gasteiger partial charge >= 0.3 is 0 Å². The Hall–Kier alpha value is -2.47. The molecular formula is C25H29N3O2S. The fourth-order valence-electron chi connectivity index (χ4n) is 5.11. The van der Waals surface area contributed by atoms with Crippen LogP contribution in [-0.4, -0.2) is 33.4 Å². The maximum atomic E-state index is 13.7. The lowest BCUT2D eigenvalue weighted by molar-refractivity contribution is -0.133. The van der Waals surface area contributed by atoms with Crippen LogP contribution in [-0.2, 0) is 24.2 Å². The van der Waals surface area contributed by atoms with Gasteiger partial charge in [0.25, 0.3) is 5.56 Å². The third-order valence-electron chi connectivity index (χ3n) is 6.92. The molecule has 6 heteroatoms. The third kappa shape index (κ3) is 3.82. The molecule has 0 aliphatic heterocycles. The molecule has 162 valence electrons. The standard InChI is InChI=1S/C25H29N3O2S/c1-27(18-12-6-3-7-13-18)21(29)16-28-23(17-10-4-2-5-11-17)26-24-22(25(28)30)19-14-8-9-15-20(19)31-24/h2,4-5,10-11,18H,3,6-9,12-16H2,1H3. The number of carbonyl (C=O) groups is 1. The Morgan fingerprint density at radius 3 is 2.61 bits per heavy atom. The van der Waals surface area contributed by atoms with Crippen molar-refractivity contribution in [1.29, 1.82) is 0 Å². The van der Waals surface area contributed by atoms with Gasteiger partial charge in [-0.25, -0.2) is 4.98 Å². The number of hydrogen-bond acceptors (Lipinski definition) is 4. The van der Waals surface area contributed by atoms with Crippen molar-refractivity contribution in [2.24, 2.45) is 0 Å². The lowest BCUT2D eigenvalue weighted by atomic mass is 9.94. The molecule has 3 aromatic rings. The number of fused-ring (bicyclic) bond motifs is 3. The molecular weight excluding hydrogens is 406 g/mol. The van der Waals surface area contributed by atoms with E-state index in [0.717, 1.165) is 47.9 Å². The van der Waals surface area contributed by atoms with Gasteiger partial charge in [0, 0.05) is 23.5 Å². The number of hydrogen-bond donors (Lipinski definition) is 0. The zero-order chi connectivity index (χ0) is 21.4. The van der Waals surface area contributed by atoms with Crippen LogP contribution in [0.1, 0.15) is 55.4 Å². The number of thiophene rings is 1. The van der Waals surface area contributed by atoms with E-state index in [1.165, 1.54) is 36.1 Å². The number of benzene rings is 1. The number of nitrogens with zero attached hydrogens (tertiary/aromatic N) is 3. The Kier molecular flexibility index (Phi) is 5.65. The van der Waals surface area contributed by atoms with E-state index in [1.54, 1.807) is 15.9 Å². The molecule has 1 saturated carbocycles. The van der Waals surface area contributed by atoms with Crippen molar-refractivity contribution in [3.63, 3.8) is 0 Å². The van der Waals surface area contributed by atoms with Crippen molar-refractivity contribution in [2.45, 2.75) is 70.4 Å². The molecule has 2 aromatic heterocycles. The van der Waals surface area contributed by atoms with Gasteiger partial charge in [0.1, 0.15) is 17.2 Å². The summed E-state index contributed by atoms with van der Waals surface area (Å²) in [6, 6.07) is 10.1. The fourth-order valence-corrected chi connectivity index (χ4v) is 6.36. The van der Waals surface area contributed by atoms with Crippen LogP contribution < -0.4 is 5.56 Å². The summed E-state index contributed by atoms with van der Waals surface area (Å²) in [7, 11) is 1.89. The van der Waals surface area contributed by atoms with Gasteiger partial charge in [0.2, 0.25) is 5.91 Å². The second-order valence-electron chi connectivity index (χ2n) is 8.88. The molecule has 1 aromatic carbocycles. The van der Waals surface area contributed by atoms with E-state index < -0.39 is 0 Å². The number of aryl methyl sites for hydroxylation is 2. The van der Waals surface area contributed by atoms with Gasteiger partial charge in [-0.2, -0.15) is 0 Å². The largest absolute Gasteiger partial charge is 0.341 e. The summed E-state index contributed by atoms with van der Waals surface area (Å²) >= 11 is 1.66. The van der Waals surface area contributed by atoms with Crippen molar-refractivity contribution >= 4 is 27.5 Å². The number of amides is 1. The second kappa shape index (κ2) is 8.58. The first-order valence-electron chi connectivity index (χ1n) is 11.5. The molecule has 0 saturated heterocycles. The maximum absolute atomic E-state index is 13.7. The summed E-state index contributed by atoms with van der Waals surface area (Å²) < 4.78 is 1.63. The fraction of sp³-hybridized carbons (Fsp3) is 0.480. The molecule has 0 N–H and O–H groups in total. The highest BCUT2D eigenvalue weighted by molar-refractivity contribution is 7.18. The summed E-state index contributed by atoms with van der Waals surface area (Å²) in [4.78, 5) is 35.9. The summed E-state index contributed by atoms with van der Waals surface area (Å²) in [5, 5.41) is 0.743. The van der Waals surface area contributed by atoms with E-state index in [2.05, 4.69) is 0 Å². The quantitative estimate of drug-likeness (QED) is 0.592. The normalized spacial score (nSPS) is 16.9. The maximum Gasteiger partial charge on any atom is 0.263 e. The van der Waals surface area contributed by atoms with Crippen LogP contribution in [0, 0.1) is 0 Å². The van der Waals surface area contributed by atoms with Crippen LogP contribution in [0.3, 0.4) is 0 Å². The first-order chi connectivity index (χ1) is 15.1. The van der Waals surface area contributed by atoms with E-state index in [-0.39, 0.29) is 24.1 Å². The van der Waals surface area contributed by atoms with Crippen molar-refractivity contribution in [1.82, 2.24) is 14.5 Å². The van der Waals surface area contributed by atoms with Gasteiger partial charge in [-0.05, 0) is 44.1 Å². The highest BCUT2D eigenvalue weighted by Crippen LogP contribution is 2.35. The number of aromatic nitrogens is 2. The van der Waals surface area contributed by atoms with Gasteiger partial charge in [-0.15, -0.1) is 11.3 Å². The lowest BCUT2D eigenvalue weighted by Crippen LogP contribution is -2.41. The minimum atomic E-state index is -0.0614. The molecule has 0 bridgehead atoms. The molecule has 5 nitrogen and oxygen atoms in total. The predicted octanol–water partition coefficient (Wildman–Crippen LogP) is 4.79. The molecule has 2 aliphatic rings.